The highest BCUT2D eigenvalue weighted by atomic mass is 35.5. The molecule has 1 aliphatic rings. The fraction of sp³-hybridized carbons (Fsp3) is 0.250. The second-order valence-electron chi connectivity index (χ2n) is 8.27. The molecule has 182 valence electrons. The van der Waals surface area contributed by atoms with Gasteiger partial charge in [0.15, 0.2) is 0 Å². The second-order valence-corrected chi connectivity index (χ2v) is 8.27. The second kappa shape index (κ2) is 8.84. The summed E-state index contributed by atoms with van der Waals surface area (Å²) >= 11 is 0. The highest BCUT2D eigenvalue weighted by Crippen LogP contribution is 2.31. The molecule has 0 atom stereocenters. The zero-order valence-electron chi connectivity index (χ0n) is 18.8. The first-order chi connectivity index (χ1) is 16.1. The van der Waals surface area contributed by atoms with E-state index in [4.69, 9.17) is 4.98 Å². The third-order valence-electron chi connectivity index (χ3n) is 6.22. The number of pyridine rings is 3. The SMILES string of the molecule is CC(=O)N1CCc2c(c3ccc(-n4ccc(-c5ccc(C(F)(F)F)nc5)cc4=O)nc3n2C)C1.Cl. The van der Waals surface area contributed by atoms with Crippen LogP contribution in [0.3, 0.4) is 0 Å². The van der Waals surface area contributed by atoms with E-state index in [1.165, 1.54) is 16.7 Å². The quantitative estimate of drug-likeness (QED) is 0.412. The zero-order valence-corrected chi connectivity index (χ0v) is 19.7. The number of carbonyl (C=O) groups excluding carboxylic acids is 1. The number of nitrogens with zero attached hydrogens (tertiary/aromatic N) is 5. The van der Waals surface area contributed by atoms with Gasteiger partial charge in [-0.05, 0) is 29.8 Å². The molecular formula is C24H21ClF3N5O2. The van der Waals surface area contributed by atoms with Gasteiger partial charge in [0, 0.05) is 74.1 Å². The van der Waals surface area contributed by atoms with Crippen LogP contribution in [0.2, 0.25) is 0 Å². The van der Waals surface area contributed by atoms with Crippen molar-refractivity contribution in [1.29, 1.82) is 0 Å². The molecule has 0 spiro atoms. The standard InChI is InChI=1S/C24H20F3N5O2.ClH/c1-14(33)31-9-8-19-18(13-31)17-4-6-21(29-23(17)30(19)2)32-10-7-15(11-22(32)34)16-3-5-20(28-12-16)24(25,26)27;/h3-7,10-12H,8-9,13H2,1-2H3;1H. The van der Waals surface area contributed by atoms with Crippen molar-refractivity contribution in [2.75, 3.05) is 6.54 Å². The monoisotopic (exact) mass is 503 g/mol. The molecule has 1 amide bonds. The lowest BCUT2D eigenvalue weighted by molar-refractivity contribution is -0.141. The third kappa shape index (κ3) is 4.29. The summed E-state index contributed by atoms with van der Waals surface area (Å²) < 4.78 is 41.6. The molecule has 0 aliphatic carbocycles. The number of alkyl halides is 3. The minimum atomic E-state index is -4.52. The van der Waals surface area contributed by atoms with Crippen LogP contribution in [0.5, 0.6) is 0 Å². The molecule has 0 fully saturated rings. The molecule has 1 aliphatic heterocycles. The van der Waals surface area contributed by atoms with Crippen LogP contribution < -0.4 is 5.56 Å². The van der Waals surface area contributed by atoms with Crippen LogP contribution in [0.15, 0.2) is 53.6 Å². The molecule has 0 N–H and O–H groups in total. The Balaban J connectivity index is 0.00000289. The minimum Gasteiger partial charge on any atom is -0.338 e. The molecule has 4 aromatic heterocycles. The van der Waals surface area contributed by atoms with Crippen LogP contribution in [-0.2, 0) is 31.0 Å². The van der Waals surface area contributed by atoms with Crippen molar-refractivity contribution in [3.05, 3.63) is 76.1 Å². The van der Waals surface area contributed by atoms with Gasteiger partial charge in [0.1, 0.15) is 17.2 Å². The van der Waals surface area contributed by atoms with Crippen molar-refractivity contribution >= 4 is 29.3 Å². The number of halogens is 4. The van der Waals surface area contributed by atoms with E-state index < -0.39 is 11.9 Å². The Hall–Kier alpha value is -3.66. The Morgan fingerprint density at radius 3 is 2.49 bits per heavy atom. The number of hydrogen-bond donors (Lipinski definition) is 0. The van der Waals surface area contributed by atoms with Gasteiger partial charge in [-0.3, -0.25) is 19.1 Å². The van der Waals surface area contributed by atoms with Crippen molar-refractivity contribution in [2.45, 2.75) is 26.1 Å². The highest BCUT2D eigenvalue weighted by Gasteiger charge is 2.32. The minimum absolute atomic E-state index is 0. The smallest absolute Gasteiger partial charge is 0.338 e. The maximum Gasteiger partial charge on any atom is 0.433 e. The van der Waals surface area contributed by atoms with Crippen molar-refractivity contribution in [1.82, 2.24) is 24.0 Å². The number of rotatable bonds is 2. The van der Waals surface area contributed by atoms with E-state index in [0.29, 0.717) is 30.0 Å². The molecule has 0 saturated heterocycles. The molecule has 5 heterocycles. The maximum absolute atomic E-state index is 12.8. The van der Waals surface area contributed by atoms with Crippen LogP contribution in [-0.4, -0.2) is 36.5 Å². The lowest BCUT2D eigenvalue weighted by atomic mass is 10.1. The molecule has 0 unspecified atom stereocenters. The first-order valence-corrected chi connectivity index (χ1v) is 10.6. The Bertz CT molecular complexity index is 1490. The van der Waals surface area contributed by atoms with Gasteiger partial charge >= 0.3 is 6.18 Å². The van der Waals surface area contributed by atoms with Crippen LogP contribution in [0.1, 0.15) is 23.9 Å². The Morgan fingerprint density at radius 2 is 1.86 bits per heavy atom. The summed E-state index contributed by atoms with van der Waals surface area (Å²) in [5.74, 6) is 0.457. The molecule has 0 aromatic carbocycles. The zero-order chi connectivity index (χ0) is 24.2. The maximum atomic E-state index is 12.8. The van der Waals surface area contributed by atoms with Crippen molar-refractivity contribution < 1.29 is 18.0 Å². The number of hydrogen-bond acceptors (Lipinski definition) is 4. The fourth-order valence-electron chi connectivity index (χ4n) is 4.40. The highest BCUT2D eigenvalue weighted by molar-refractivity contribution is 5.85. The summed E-state index contributed by atoms with van der Waals surface area (Å²) in [5, 5.41) is 0.938. The predicted molar refractivity (Wildman–Crippen MR) is 127 cm³/mol. The van der Waals surface area contributed by atoms with Crippen molar-refractivity contribution in [3.63, 3.8) is 0 Å². The van der Waals surface area contributed by atoms with E-state index in [-0.39, 0.29) is 23.9 Å². The molecule has 4 aromatic rings. The molecular weight excluding hydrogens is 483 g/mol. The fourth-order valence-corrected chi connectivity index (χ4v) is 4.40. The average molecular weight is 504 g/mol. The average Bonchev–Trinajstić information content (AvgIpc) is 3.09. The molecule has 11 heteroatoms. The topological polar surface area (TPSA) is 73.0 Å². The summed E-state index contributed by atoms with van der Waals surface area (Å²) in [6, 6.07) is 8.81. The Morgan fingerprint density at radius 1 is 1.09 bits per heavy atom. The number of aromatic nitrogens is 4. The van der Waals surface area contributed by atoms with Gasteiger partial charge in [0.25, 0.3) is 5.56 Å². The molecule has 0 saturated carbocycles. The number of amides is 1. The van der Waals surface area contributed by atoms with E-state index >= 15 is 0 Å². The first kappa shape index (κ1) is 24.5. The normalized spacial score (nSPS) is 13.5. The van der Waals surface area contributed by atoms with E-state index in [0.717, 1.165) is 41.0 Å². The van der Waals surface area contributed by atoms with Gasteiger partial charge in [-0.2, -0.15) is 13.2 Å². The number of fused-ring (bicyclic) bond motifs is 3. The summed E-state index contributed by atoms with van der Waals surface area (Å²) in [6.45, 7) is 2.74. The van der Waals surface area contributed by atoms with E-state index in [1.807, 2.05) is 17.7 Å². The van der Waals surface area contributed by atoms with Crippen LogP contribution in [0, 0.1) is 0 Å². The van der Waals surface area contributed by atoms with Crippen molar-refractivity contribution in [2.24, 2.45) is 7.05 Å². The number of aryl methyl sites for hydroxylation is 1. The number of carbonyl (C=O) groups is 1. The van der Waals surface area contributed by atoms with E-state index in [1.54, 1.807) is 30.2 Å². The van der Waals surface area contributed by atoms with Gasteiger partial charge in [-0.25, -0.2) is 4.98 Å². The molecule has 5 rings (SSSR count). The summed E-state index contributed by atoms with van der Waals surface area (Å²) in [4.78, 5) is 34.6. The van der Waals surface area contributed by atoms with Gasteiger partial charge in [0.05, 0.1) is 0 Å². The Labute approximate surface area is 204 Å². The van der Waals surface area contributed by atoms with Gasteiger partial charge in [-0.1, -0.05) is 6.07 Å². The van der Waals surface area contributed by atoms with Gasteiger partial charge in [0.2, 0.25) is 5.91 Å². The van der Waals surface area contributed by atoms with Crippen molar-refractivity contribution in [3.8, 4) is 16.9 Å². The molecule has 0 radical (unpaired) electrons. The molecule has 0 bridgehead atoms. The van der Waals surface area contributed by atoms with E-state index in [2.05, 4.69) is 4.98 Å². The van der Waals surface area contributed by atoms with Crippen LogP contribution in [0.4, 0.5) is 13.2 Å². The lowest BCUT2D eigenvalue weighted by Gasteiger charge is -2.26. The first-order valence-electron chi connectivity index (χ1n) is 10.6. The lowest BCUT2D eigenvalue weighted by Crippen LogP contribution is -2.34. The molecule has 35 heavy (non-hydrogen) atoms. The van der Waals surface area contributed by atoms with E-state index in [9.17, 15) is 22.8 Å². The summed E-state index contributed by atoms with van der Waals surface area (Å²) in [6.07, 6.45) is -1.14. The molecule has 7 nitrogen and oxygen atoms in total. The Kier molecular flexibility index (Phi) is 6.18. The van der Waals surface area contributed by atoms with Gasteiger partial charge in [-0.15, -0.1) is 12.4 Å². The predicted octanol–water partition coefficient (Wildman–Crippen LogP) is 4.13. The van der Waals surface area contributed by atoms with Crippen LogP contribution in [0.25, 0.3) is 28.0 Å². The summed E-state index contributed by atoms with van der Waals surface area (Å²) in [7, 11) is 1.92. The van der Waals surface area contributed by atoms with Crippen LogP contribution >= 0.6 is 12.4 Å². The summed E-state index contributed by atoms with van der Waals surface area (Å²) in [5.41, 5.74) is 2.42. The largest absolute Gasteiger partial charge is 0.433 e. The third-order valence-corrected chi connectivity index (χ3v) is 6.22. The van der Waals surface area contributed by atoms with Gasteiger partial charge < -0.3 is 9.47 Å².